The number of hydrogen-bond acceptors (Lipinski definition) is 5. The molecule has 0 spiro atoms. The van der Waals surface area contributed by atoms with Crippen molar-refractivity contribution in [1.29, 1.82) is 0 Å². The molecule has 1 N–H and O–H groups in total. The van der Waals surface area contributed by atoms with Gasteiger partial charge in [0.25, 0.3) is 0 Å². The Morgan fingerprint density at radius 1 is 1.32 bits per heavy atom. The molecular weight excluding hydrogens is 336 g/mol. The van der Waals surface area contributed by atoms with Gasteiger partial charge in [-0.1, -0.05) is 11.2 Å². The number of aromatic nitrogens is 1. The Bertz CT molecular complexity index is 664. The van der Waals surface area contributed by atoms with Gasteiger partial charge in [-0.15, -0.1) is 11.3 Å². The van der Waals surface area contributed by atoms with E-state index in [-0.39, 0.29) is 6.03 Å². The predicted octanol–water partition coefficient (Wildman–Crippen LogP) is 2.81. The van der Waals surface area contributed by atoms with Crippen LogP contribution in [0.4, 0.5) is 4.79 Å². The van der Waals surface area contributed by atoms with E-state index in [0.29, 0.717) is 6.54 Å². The molecule has 2 aromatic heterocycles. The van der Waals surface area contributed by atoms with Crippen LogP contribution in [-0.4, -0.2) is 53.7 Å². The van der Waals surface area contributed by atoms with Crippen LogP contribution in [0.15, 0.2) is 22.0 Å². The van der Waals surface area contributed by atoms with Crippen LogP contribution in [0.5, 0.6) is 0 Å². The lowest BCUT2D eigenvalue weighted by Crippen LogP contribution is -2.42. The Hall–Kier alpha value is -1.86. The van der Waals surface area contributed by atoms with E-state index in [9.17, 15) is 4.79 Å². The number of carbonyl (C=O) groups excluding carboxylic acids is 1. The third-order valence-corrected chi connectivity index (χ3v) is 5.60. The van der Waals surface area contributed by atoms with E-state index in [1.807, 2.05) is 24.8 Å². The normalized spacial score (nSPS) is 16.0. The number of nitrogens with zero attached hydrogens (tertiary/aromatic N) is 3. The smallest absolute Gasteiger partial charge is 0.317 e. The van der Waals surface area contributed by atoms with E-state index in [4.69, 9.17) is 4.52 Å². The summed E-state index contributed by atoms with van der Waals surface area (Å²) >= 11 is 1.73. The van der Waals surface area contributed by atoms with Gasteiger partial charge >= 0.3 is 6.03 Å². The molecule has 2 amide bonds. The molecule has 1 fully saturated rings. The van der Waals surface area contributed by atoms with Crippen LogP contribution < -0.4 is 5.32 Å². The molecule has 3 rings (SSSR count). The number of carbonyl (C=O) groups is 1. The molecule has 3 heterocycles. The van der Waals surface area contributed by atoms with Crippen molar-refractivity contribution >= 4 is 17.4 Å². The maximum Gasteiger partial charge on any atom is 0.317 e. The molecular formula is C18H26N4O2S. The summed E-state index contributed by atoms with van der Waals surface area (Å²) in [5.41, 5.74) is 2.14. The van der Waals surface area contributed by atoms with Crippen molar-refractivity contribution in [3.63, 3.8) is 0 Å². The average Bonchev–Trinajstić information content (AvgIpc) is 3.14. The molecule has 6 nitrogen and oxygen atoms in total. The van der Waals surface area contributed by atoms with Crippen LogP contribution in [0.25, 0.3) is 0 Å². The van der Waals surface area contributed by atoms with Gasteiger partial charge in [-0.3, -0.25) is 4.90 Å². The van der Waals surface area contributed by atoms with Gasteiger partial charge in [0, 0.05) is 49.7 Å². The van der Waals surface area contributed by atoms with Crippen LogP contribution >= 0.6 is 11.3 Å². The Morgan fingerprint density at radius 2 is 2.20 bits per heavy atom. The predicted molar refractivity (Wildman–Crippen MR) is 98.9 cm³/mol. The van der Waals surface area contributed by atoms with E-state index in [2.05, 4.69) is 26.8 Å². The average molecular weight is 362 g/mol. The summed E-state index contributed by atoms with van der Waals surface area (Å²) in [4.78, 5) is 18.0. The monoisotopic (exact) mass is 362 g/mol. The standard InChI is InChI=1S/C18H26N4O2S/c1-14-17(15(2)24-20-14)13-21-8-4-9-22(11-10-21)18(23)19-7-6-16-5-3-12-25-16/h3,5,12H,4,6-11,13H2,1-2H3,(H,19,23). The minimum absolute atomic E-state index is 0.0516. The van der Waals surface area contributed by atoms with Gasteiger partial charge < -0.3 is 14.7 Å². The second kappa shape index (κ2) is 8.49. The zero-order valence-corrected chi connectivity index (χ0v) is 15.8. The maximum atomic E-state index is 12.4. The minimum atomic E-state index is 0.0516. The topological polar surface area (TPSA) is 61.6 Å². The second-order valence-electron chi connectivity index (χ2n) is 6.48. The lowest BCUT2D eigenvalue weighted by atomic mass is 10.2. The fourth-order valence-electron chi connectivity index (χ4n) is 3.14. The summed E-state index contributed by atoms with van der Waals surface area (Å²) in [5.74, 6) is 0.893. The molecule has 0 bridgehead atoms. The highest BCUT2D eigenvalue weighted by Gasteiger charge is 2.20. The molecule has 1 aliphatic rings. The van der Waals surface area contributed by atoms with Gasteiger partial charge in [-0.05, 0) is 38.1 Å². The van der Waals surface area contributed by atoms with Gasteiger partial charge in [0.1, 0.15) is 5.76 Å². The third kappa shape index (κ3) is 4.83. The summed E-state index contributed by atoms with van der Waals surface area (Å²) in [7, 11) is 0. The fourth-order valence-corrected chi connectivity index (χ4v) is 3.85. The van der Waals surface area contributed by atoms with Crippen LogP contribution in [0.2, 0.25) is 0 Å². The van der Waals surface area contributed by atoms with Gasteiger partial charge in [-0.25, -0.2) is 4.79 Å². The van der Waals surface area contributed by atoms with Crippen LogP contribution in [0.1, 0.15) is 28.3 Å². The molecule has 0 atom stereocenters. The largest absolute Gasteiger partial charge is 0.361 e. The number of hydrogen-bond donors (Lipinski definition) is 1. The zero-order valence-electron chi connectivity index (χ0n) is 15.0. The highest BCUT2D eigenvalue weighted by Crippen LogP contribution is 2.16. The Balaban J connectivity index is 1.45. The molecule has 136 valence electrons. The van der Waals surface area contributed by atoms with Gasteiger partial charge in [0.05, 0.1) is 5.69 Å². The maximum absolute atomic E-state index is 12.4. The summed E-state index contributed by atoms with van der Waals surface area (Å²) < 4.78 is 5.25. The zero-order chi connectivity index (χ0) is 17.6. The van der Waals surface area contributed by atoms with Crippen molar-refractivity contribution < 1.29 is 9.32 Å². The van der Waals surface area contributed by atoms with Gasteiger partial charge in [0.2, 0.25) is 0 Å². The molecule has 0 aliphatic carbocycles. The van der Waals surface area contributed by atoms with E-state index in [1.54, 1.807) is 11.3 Å². The molecule has 25 heavy (non-hydrogen) atoms. The first-order valence-corrected chi connectivity index (χ1v) is 9.70. The number of rotatable bonds is 5. The minimum Gasteiger partial charge on any atom is -0.361 e. The van der Waals surface area contributed by atoms with Crippen molar-refractivity contribution in [3.8, 4) is 0 Å². The highest BCUT2D eigenvalue weighted by molar-refractivity contribution is 7.09. The molecule has 1 aliphatic heterocycles. The third-order valence-electron chi connectivity index (χ3n) is 4.67. The molecule has 2 aromatic rings. The molecule has 0 radical (unpaired) electrons. The van der Waals surface area contributed by atoms with E-state index in [0.717, 1.165) is 57.0 Å². The molecule has 0 unspecified atom stereocenters. The van der Waals surface area contributed by atoms with E-state index >= 15 is 0 Å². The first-order chi connectivity index (χ1) is 12.1. The lowest BCUT2D eigenvalue weighted by molar-refractivity contribution is 0.197. The fraction of sp³-hybridized carbons (Fsp3) is 0.556. The Morgan fingerprint density at radius 3 is 2.92 bits per heavy atom. The molecule has 0 aromatic carbocycles. The van der Waals surface area contributed by atoms with E-state index in [1.165, 1.54) is 10.4 Å². The van der Waals surface area contributed by atoms with E-state index < -0.39 is 0 Å². The first-order valence-electron chi connectivity index (χ1n) is 8.83. The summed E-state index contributed by atoms with van der Waals surface area (Å²) in [6, 6.07) is 4.20. The van der Waals surface area contributed by atoms with Crippen LogP contribution in [-0.2, 0) is 13.0 Å². The van der Waals surface area contributed by atoms with Crippen molar-refractivity contribution in [3.05, 3.63) is 39.4 Å². The van der Waals surface area contributed by atoms with Crippen molar-refractivity contribution in [1.82, 2.24) is 20.3 Å². The van der Waals surface area contributed by atoms with Crippen molar-refractivity contribution in [2.24, 2.45) is 0 Å². The quantitative estimate of drug-likeness (QED) is 0.888. The number of nitrogens with one attached hydrogen (secondary N) is 1. The molecule has 0 saturated carbocycles. The van der Waals surface area contributed by atoms with Gasteiger partial charge in [-0.2, -0.15) is 0 Å². The highest BCUT2D eigenvalue weighted by atomic mass is 32.1. The first kappa shape index (κ1) is 17.9. The Kier molecular flexibility index (Phi) is 6.09. The summed E-state index contributed by atoms with van der Waals surface area (Å²) in [5, 5.41) is 9.14. The Labute approximate surface area is 152 Å². The number of amides is 2. The SMILES string of the molecule is Cc1noc(C)c1CN1CCCN(C(=O)NCCc2cccs2)CC1. The van der Waals surface area contributed by atoms with Crippen molar-refractivity contribution in [2.45, 2.75) is 33.2 Å². The number of thiophene rings is 1. The molecule has 7 heteroatoms. The van der Waals surface area contributed by atoms with Gasteiger partial charge in [0.15, 0.2) is 0 Å². The number of aryl methyl sites for hydroxylation is 2. The van der Waals surface area contributed by atoms with Crippen LogP contribution in [0, 0.1) is 13.8 Å². The van der Waals surface area contributed by atoms with Crippen LogP contribution in [0.3, 0.4) is 0 Å². The number of urea groups is 1. The second-order valence-corrected chi connectivity index (χ2v) is 7.51. The summed E-state index contributed by atoms with van der Waals surface area (Å²) in [6.45, 7) is 8.91. The lowest BCUT2D eigenvalue weighted by Gasteiger charge is -2.22. The van der Waals surface area contributed by atoms with Crippen molar-refractivity contribution in [2.75, 3.05) is 32.7 Å². The summed E-state index contributed by atoms with van der Waals surface area (Å²) in [6.07, 6.45) is 1.89. The molecule has 1 saturated heterocycles.